The van der Waals surface area contributed by atoms with Crippen LogP contribution in [0.1, 0.15) is 24.9 Å². The van der Waals surface area contributed by atoms with Crippen LogP contribution < -0.4 is 10.1 Å². The van der Waals surface area contributed by atoms with Crippen LogP contribution in [0.2, 0.25) is 0 Å². The van der Waals surface area contributed by atoms with Crippen LogP contribution in [0.5, 0.6) is 5.75 Å². The second-order valence-corrected chi connectivity index (χ2v) is 5.77. The molecular formula is C17H18N2OS. The maximum absolute atomic E-state index is 5.48. The zero-order chi connectivity index (χ0) is 14.7. The summed E-state index contributed by atoms with van der Waals surface area (Å²) in [5.74, 6) is 0.927. The number of nitrogens with zero attached hydrogens (tertiary/aromatic N) is 1. The smallest absolute Gasteiger partial charge is 0.124 e. The van der Waals surface area contributed by atoms with Gasteiger partial charge < -0.3 is 10.1 Å². The monoisotopic (exact) mass is 298 g/mol. The number of para-hydroxylation sites is 1. The van der Waals surface area contributed by atoms with Crippen LogP contribution in [0.25, 0.3) is 10.2 Å². The van der Waals surface area contributed by atoms with Crippen LogP contribution in [0, 0.1) is 0 Å². The molecule has 3 aromatic rings. The molecule has 0 saturated heterocycles. The number of aromatic nitrogens is 1. The van der Waals surface area contributed by atoms with Gasteiger partial charge in [-0.15, -0.1) is 11.3 Å². The van der Waals surface area contributed by atoms with Crippen molar-refractivity contribution in [2.24, 2.45) is 0 Å². The van der Waals surface area contributed by atoms with Gasteiger partial charge in [-0.1, -0.05) is 25.1 Å². The minimum absolute atomic E-state index is 0.228. The molecule has 3 nitrogen and oxygen atoms in total. The summed E-state index contributed by atoms with van der Waals surface area (Å²) >= 11 is 1.66. The van der Waals surface area contributed by atoms with Crippen LogP contribution in [-0.2, 0) is 0 Å². The average molecular weight is 298 g/mol. The average Bonchev–Trinajstić information content (AvgIpc) is 3.00. The van der Waals surface area contributed by atoms with Crippen molar-refractivity contribution in [2.45, 2.75) is 19.4 Å². The van der Waals surface area contributed by atoms with Gasteiger partial charge in [0.1, 0.15) is 5.75 Å². The lowest BCUT2D eigenvalue weighted by Gasteiger charge is -2.21. The zero-order valence-corrected chi connectivity index (χ0v) is 13.0. The SMILES string of the molecule is CCC(Nc1ccc2ncsc2c1)c1ccccc1OC. The molecule has 108 valence electrons. The van der Waals surface area contributed by atoms with E-state index in [4.69, 9.17) is 4.74 Å². The molecule has 0 spiro atoms. The van der Waals surface area contributed by atoms with Gasteiger partial charge in [0.2, 0.25) is 0 Å². The van der Waals surface area contributed by atoms with Gasteiger partial charge in [0.25, 0.3) is 0 Å². The highest BCUT2D eigenvalue weighted by atomic mass is 32.1. The fraction of sp³-hybridized carbons (Fsp3) is 0.235. The molecular weight excluding hydrogens is 280 g/mol. The molecule has 0 bridgehead atoms. The first kappa shape index (κ1) is 13.9. The molecule has 1 heterocycles. The lowest BCUT2D eigenvalue weighted by molar-refractivity contribution is 0.406. The number of rotatable bonds is 5. The molecule has 21 heavy (non-hydrogen) atoms. The minimum atomic E-state index is 0.228. The van der Waals surface area contributed by atoms with Crippen LogP contribution in [0.3, 0.4) is 0 Å². The number of hydrogen-bond acceptors (Lipinski definition) is 4. The molecule has 0 aliphatic rings. The molecule has 0 amide bonds. The summed E-state index contributed by atoms with van der Waals surface area (Å²) < 4.78 is 6.68. The van der Waals surface area contributed by atoms with E-state index in [0.29, 0.717) is 0 Å². The van der Waals surface area contributed by atoms with Crippen molar-refractivity contribution in [3.05, 3.63) is 53.5 Å². The maximum atomic E-state index is 5.48. The lowest BCUT2D eigenvalue weighted by Crippen LogP contribution is -2.10. The van der Waals surface area contributed by atoms with Gasteiger partial charge in [-0.25, -0.2) is 4.98 Å². The number of anilines is 1. The number of hydrogen-bond donors (Lipinski definition) is 1. The zero-order valence-electron chi connectivity index (χ0n) is 12.2. The van der Waals surface area contributed by atoms with Gasteiger partial charge in [-0.05, 0) is 30.7 Å². The third-order valence-electron chi connectivity index (χ3n) is 3.59. The van der Waals surface area contributed by atoms with Crippen molar-refractivity contribution in [2.75, 3.05) is 12.4 Å². The highest BCUT2D eigenvalue weighted by Crippen LogP contribution is 2.31. The number of benzene rings is 2. The predicted octanol–water partition coefficient (Wildman–Crippen LogP) is 4.87. The normalized spacial score (nSPS) is 12.3. The van der Waals surface area contributed by atoms with Crippen LogP contribution >= 0.6 is 11.3 Å². The van der Waals surface area contributed by atoms with Gasteiger partial charge in [-0.3, -0.25) is 0 Å². The second-order valence-electron chi connectivity index (χ2n) is 4.88. The Labute approximate surface area is 128 Å². The third-order valence-corrected chi connectivity index (χ3v) is 4.39. The molecule has 2 aromatic carbocycles. The van der Waals surface area contributed by atoms with Crippen molar-refractivity contribution in [3.8, 4) is 5.75 Å². The van der Waals surface area contributed by atoms with E-state index in [-0.39, 0.29) is 6.04 Å². The van der Waals surface area contributed by atoms with Crippen molar-refractivity contribution in [1.82, 2.24) is 4.98 Å². The number of ether oxygens (including phenoxy) is 1. The summed E-state index contributed by atoms with van der Waals surface area (Å²) in [5.41, 5.74) is 5.23. The van der Waals surface area contributed by atoms with E-state index in [2.05, 4.69) is 47.6 Å². The number of nitrogens with one attached hydrogen (secondary N) is 1. The minimum Gasteiger partial charge on any atom is -0.496 e. The summed E-state index contributed by atoms with van der Waals surface area (Å²) in [6, 6.07) is 14.7. The maximum Gasteiger partial charge on any atom is 0.124 e. The Balaban J connectivity index is 1.89. The molecule has 0 fully saturated rings. The van der Waals surface area contributed by atoms with E-state index in [1.165, 1.54) is 10.3 Å². The highest BCUT2D eigenvalue weighted by Gasteiger charge is 2.14. The predicted molar refractivity (Wildman–Crippen MR) is 89.3 cm³/mol. The van der Waals surface area contributed by atoms with Crippen LogP contribution in [0.15, 0.2) is 48.0 Å². The van der Waals surface area contributed by atoms with Crippen molar-refractivity contribution >= 4 is 27.2 Å². The Morgan fingerprint density at radius 1 is 1.24 bits per heavy atom. The molecule has 1 aromatic heterocycles. The first-order valence-electron chi connectivity index (χ1n) is 7.04. The fourth-order valence-corrected chi connectivity index (χ4v) is 3.22. The van der Waals surface area contributed by atoms with E-state index in [1.54, 1.807) is 18.4 Å². The van der Waals surface area contributed by atoms with Gasteiger partial charge in [0.05, 0.1) is 28.9 Å². The topological polar surface area (TPSA) is 34.2 Å². The standard InChI is InChI=1S/C17H18N2OS/c1-3-14(13-6-4-5-7-16(13)20-2)19-12-8-9-15-17(10-12)21-11-18-15/h4-11,14,19H,3H2,1-2H3. The van der Waals surface area contributed by atoms with Gasteiger partial charge in [0.15, 0.2) is 0 Å². The number of thiazole rings is 1. The van der Waals surface area contributed by atoms with E-state index < -0.39 is 0 Å². The second kappa shape index (κ2) is 6.14. The largest absolute Gasteiger partial charge is 0.496 e. The van der Waals surface area contributed by atoms with Crippen molar-refractivity contribution in [1.29, 1.82) is 0 Å². The first-order valence-corrected chi connectivity index (χ1v) is 7.92. The van der Waals surface area contributed by atoms with E-state index in [0.717, 1.165) is 23.4 Å². The van der Waals surface area contributed by atoms with Crippen molar-refractivity contribution < 1.29 is 4.74 Å². The summed E-state index contributed by atoms with van der Waals surface area (Å²) in [4.78, 5) is 4.32. The van der Waals surface area contributed by atoms with Crippen LogP contribution in [0.4, 0.5) is 5.69 Å². The summed E-state index contributed by atoms with van der Waals surface area (Å²) in [6.45, 7) is 2.18. The Bertz CT molecular complexity index is 738. The Hall–Kier alpha value is -2.07. The quantitative estimate of drug-likeness (QED) is 0.730. The Morgan fingerprint density at radius 3 is 2.90 bits per heavy atom. The molecule has 0 aliphatic carbocycles. The highest BCUT2D eigenvalue weighted by molar-refractivity contribution is 7.16. The van der Waals surface area contributed by atoms with Gasteiger partial charge in [-0.2, -0.15) is 0 Å². The van der Waals surface area contributed by atoms with Crippen LogP contribution in [-0.4, -0.2) is 12.1 Å². The Morgan fingerprint density at radius 2 is 2.10 bits per heavy atom. The fourth-order valence-electron chi connectivity index (χ4n) is 2.50. The molecule has 1 N–H and O–H groups in total. The van der Waals surface area contributed by atoms with Gasteiger partial charge in [0, 0.05) is 11.3 Å². The molecule has 1 atom stereocenters. The molecule has 0 aliphatic heterocycles. The van der Waals surface area contributed by atoms with E-state index in [1.807, 2.05) is 17.6 Å². The van der Waals surface area contributed by atoms with E-state index >= 15 is 0 Å². The molecule has 0 radical (unpaired) electrons. The number of fused-ring (bicyclic) bond motifs is 1. The lowest BCUT2D eigenvalue weighted by atomic mass is 10.0. The summed E-state index contributed by atoms with van der Waals surface area (Å²) in [7, 11) is 1.72. The molecule has 4 heteroatoms. The van der Waals surface area contributed by atoms with Gasteiger partial charge >= 0.3 is 0 Å². The first-order chi connectivity index (χ1) is 10.3. The molecule has 1 unspecified atom stereocenters. The van der Waals surface area contributed by atoms with E-state index in [9.17, 15) is 0 Å². The summed E-state index contributed by atoms with van der Waals surface area (Å²) in [6.07, 6.45) is 0.987. The summed E-state index contributed by atoms with van der Waals surface area (Å²) in [5, 5.41) is 3.60. The molecule has 3 rings (SSSR count). The molecule has 0 saturated carbocycles. The Kier molecular flexibility index (Phi) is 4.06. The van der Waals surface area contributed by atoms with Crippen molar-refractivity contribution in [3.63, 3.8) is 0 Å². The third kappa shape index (κ3) is 2.85. The number of methoxy groups -OCH3 is 1.